The van der Waals surface area contributed by atoms with E-state index in [1.165, 1.54) is 16.7 Å². The first kappa shape index (κ1) is 16.2. The van der Waals surface area contributed by atoms with E-state index in [0.29, 0.717) is 11.3 Å². The molecule has 2 N–H and O–H groups in total. The predicted octanol–water partition coefficient (Wildman–Crippen LogP) is 4.45. The third-order valence-corrected chi connectivity index (χ3v) is 4.40. The molecule has 4 nitrogen and oxygen atoms in total. The maximum atomic E-state index is 12.1. The molecule has 0 saturated carbocycles. The second-order valence-corrected chi connectivity index (χ2v) is 6.79. The summed E-state index contributed by atoms with van der Waals surface area (Å²) in [5, 5.41) is 5.68. The standard InChI is InChI=1S/C17H20N2O2S/c1-10-8-16(13(4)22-10)11(2)18-17(21)19-15-7-5-6-14(9-15)12(3)20/h5-9,11H,1-4H3,(H2,18,19,21). The van der Waals surface area contributed by atoms with Crippen molar-refractivity contribution in [1.29, 1.82) is 0 Å². The summed E-state index contributed by atoms with van der Waals surface area (Å²) in [6, 6.07) is 8.66. The van der Waals surface area contributed by atoms with Crippen LogP contribution in [0.25, 0.3) is 0 Å². The smallest absolute Gasteiger partial charge is 0.319 e. The highest BCUT2D eigenvalue weighted by atomic mass is 32.1. The lowest BCUT2D eigenvalue weighted by atomic mass is 10.1. The van der Waals surface area contributed by atoms with Gasteiger partial charge in [0.1, 0.15) is 0 Å². The van der Waals surface area contributed by atoms with Crippen molar-refractivity contribution in [3.8, 4) is 0 Å². The maximum Gasteiger partial charge on any atom is 0.319 e. The molecule has 5 heteroatoms. The number of amides is 2. The Morgan fingerprint density at radius 2 is 1.91 bits per heavy atom. The average molecular weight is 316 g/mol. The summed E-state index contributed by atoms with van der Waals surface area (Å²) in [5.74, 6) is -0.0261. The highest BCUT2D eigenvalue weighted by Gasteiger charge is 2.14. The van der Waals surface area contributed by atoms with Crippen LogP contribution < -0.4 is 10.6 Å². The van der Waals surface area contributed by atoms with Crippen LogP contribution in [0.5, 0.6) is 0 Å². The van der Waals surface area contributed by atoms with Gasteiger partial charge in [-0.15, -0.1) is 11.3 Å². The number of hydrogen-bond acceptors (Lipinski definition) is 3. The fraction of sp³-hybridized carbons (Fsp3) is 0.294. The van der Waals surface area contributed by atoms with Crippen molar-refractivity contribution >= 4 is 28.8 Å². The number of ketones is 1. The third kappa shape index (κ3) is 3.95. The van der Waals surface area contributed by atoms with Gasteiger partial charge < -0.3 is 10.6 Å². The van der Waals surface area contributed by atoms with E-state index in [0.717, 1.165) is 5.56 Å². The van der Waals surface area contributed by atoms with Crippen molar-refractivity contribution in [1.82, 2.24) is 5.32 Å². The number of carbonyl (C=O) groups is 2. The number of carbonyl (C=O) groups excluding carboxylic acids is 2. The van der Waals surface area contributed by atoms with E-state index in [9.17, 15) is 9.59 Å². The number of Topliss-reactive ketones (excluding diaryl/α,β-unsaturated/α-hetero) is 1. The summed E-state index contributed by atoms with van der Waals surface area (Å²) in [5.41, 5.74) is 2.32. The van der Waals surface area contributed by atoms with Gasteiger partial charge in [0.05, 0.1) is 6.04 Å². The quantitative estimate of drug-likeness (QED) is 0.819. The summed E-state index contributed by atoms with van der Waals surface area (Å²) in [7, 11) is 0. The summed E-state index contributed by atoms with van der Waals surface area (Å²) in [4.78, 5) is 25.9. The first-order valence-electron chi connectivity index (χ1n) is 7.12. The predicted molar refractivity (Wildman–Crippen MR) is 90.8 cm³/mol. The van der Waals surface area contributed by atoms with Crippen LogP contribution in [0.3, 0.4) is 0 Å². The summed E-state index contributed by atoms with van der Waals surface area (Å²) in [6.45, 7) is 7.57. The first-order chi connectivity index (χ1) is 10.4. The first-order valence-corrected chi connectivity index (χ1v) is 7.94. The zero-order valence-corrected chi connectivity index (χ0v) is 14.0. The molecular formula is C17H20N2O2S. The number of benzene rings is 1. The highest BCUT2D eigenvalue weighted by Crippen LogP contribution is 2.26. The van der Waals surface area contributed by atoms with Crippen LogP contribution in [0.4, 0.5) is 10.5 Å². The van der Waals surface area contributed by atoms with Crippen LogP contribution in [-0.2, 0) is 0 Å². The molecule has 0 aliphatic rings. The van der Waals surface area contributed by atoms with E-state index in [4.69, 9.17) is 0 Å². The molecule has 0 fully saturated rings. The number of urea groups is 1. The van der Waals surface area contributed by atoms with Crippen molar-refractivity contribution < 1.29 is 9.59 Å². The Labute approximate surface area is 134 Å². The molecule has 1 atom stereocenters. The lowest BCUT2D eigenvalue weighted by Gasteiger charge is -2.15. The molecule has 0 spiro atoms. The van der Waals surface area contributed by atoms with Crippen LogP contribution >= 0.6 is 11.3 Å². The summed E-state index contributed by atoms with van der Waals surface area (Å²) < 4.78 is 0. The lowest BCUT2D eigenvalue weighted by Crippen LogP contribution is -2.31. The molecule has 0 bridgehead atoms. The van der Waals surface area contributed by atoms with Crippen molar-refractivity contribution in [3.63, 3.8) is 0 Å². The zero-order valence-electron chi connectivity index (χ0n) is 13.2. The fourth-order valence-electron chi connectivity index (χ4n) is 2.34. The molecule has 1 unspecified atom stereocenters. The Morgan fingerprint density at radius 1 is 1.18 bits per heavy atom. The van der Waals surface area contributed by atoms with Crippen LogP contribution in [0, 0.1) is 13.8 Å². The SMILES string of the molecule is CC(=O)c1cccc(NC(=O)NC(C)c2cc(C)sc2C)c1. The number of aryl methyl sites for hydroxylation is 2. The molecule has 0 aliphatic heterocycles. The Morgan fingerprint density at radius 3 is 2.50 bits per heavy atom. The molecule has 2 amide bonds. The van der Waals surface area contributed by atoms with Gasteiger partial charge in [-0.3, -0.25) is 4.79 Å². The van der Waals surface area contributed by atoms with E-state index in [-0.39, 0.29) is 17.9 Å². The Kier molecular flexibility index (Phi) is 4.98. The third-order valence-electron chi connectivity index (χ3n) is 3.42. The van der Waals surface area contributed by atoms with Gasteiger partial charge >= 0.3 is 6.03 Å². The molecule has 1 heterocycles. The van der Waals surface area contributed by atoms with Crippen LogP contribution in [0.2, 0.25) is 0 Å². The molecule has 1 aromatic heterocycles. The van der Waals surface area contributed by atoms with E-state index in [1.54, 1.807) is 35.6 Å². The second kappa shape index (κ2) is 6.75. The van der Waals surface area contributed by atoms with E-state index < -0.39 is 0 Å². The molecule has 0 aliphatic carbocycles. The number of thiophene rings is 1. The molecular weight excluding hydrogens is 296 g/mol. The van der Waals surface area contributed by atoms with Crippen molar-refractivity contribution in [3.05, 3.63) is 51.2 Å². The molecule has 2 rings (SSSR count). The minimum Gasteiger partial charge on any atom is -0.331 e. The van der Waals surface area contributed by atoms with Gasteiger partial charge in [0.2, 0.25) is 0 Å². The van der Waals surface area contributed by atoms with E-state index >= 15 is 0 Å². The van der Waals surface area contributed by atoms with Crippen molar-refractivity contribution in [2.24, 2.45) is 0 Å². The molecule has 116 valence electrons. The van der Waals surface area contributed by atoms with E-state index in [2.05, 4.69) is 30.5 Å². The fourth-order valence-corrected chi connectivity index (χ4v) is 3.36. The molecule has 1 aromatic carbocycles. The van der Waals surface area contributed by atoms with Gasteiger partial charge in [-0.2, -0.15) is 0 Å². The van der Waals surface area contributed by atoms with Gasteiger partial charge in [0.25, 0.3) is 0 Å². The summed E-state index contributed by atoms with van der Waals surface area (Å²) >= 11 is 1.72. The molecule has 0 radical (unpaired) electrons. The lowest BCUT2D eigenvalue weighted by molar-refractivity contribution is 0.101. The van der Waals surface area contributed by atoms with Crippen LogP contribution in [0.15, 0.2) is 30.3 Å². The number of rotatable bonds is 4. The minimum absolute atomic E-state index is 0.0261. The Bertz CT molecular complexity index is 706. The topological polar surface area (TPSA) is 58.2 Å². The van der Waals surface area contributed by atoms with E-state index in [1.807, 2.05) is 6.92 Å². The van der Waals surface area contributed by atoms with Crippen molar-refractivity contribution in [2.45, 2.75) is 33.7 Å². The molecule has 2 aromatic rings. The van der Waals surface area contributed by atoms with Gasteiger partial charge in [-0.05, 0) is 51.5 Å². The highest BCUT2D eigenvalue weighted by molar-refractivity contribution is 7.12. The van der Waals surface area contributed by atoms with Crippen LogP contribution in [0.1, 0.15) is 45.6 Å². The monoisotopic (exact) mass is 316 g/mol. The number of nitrogens with one attached hydrogen (secondary N) is 2. The molecule has 0 saturated heterocycles. The average Bonchev–Trinajstić information content (AvgIpc) is 2.77. The minimum atomic E-state index is -0.281. The van der Waals surface area contributed by atoms with Gasteiger partial charge in [0.15, 0.2) is 5.78 Å². The Balaban J connectivity index is 2.02. The number of anilines is 1. The molecule has 22 heavy (non-hydrogen) atoms. The maximum absolute atomic E-state index is 12.1. The van der Waals surface area contributed by atoms with Gasteiger partial charge in [0, 0.05) is 21.0 Å². The largest absolute Gasteiger partial charge is 0.331 e. The van der Waals surface area contributed by atoms with Gasteiger partial charge in [-0.25, -0.2) is 4.79 Å². The van der Waals surface area contributed by atoms with Crippen LogP contribution in [-0.4, -0.2) is 11.8 Å². The second-order valence-electron chi connectivity index (χ2n) is 5.33. The van der Waals surface area contributed by atoms with Gasteiger partial charge in [-0.1, -0.05) is 12.1 Å². The summed E-state index contributed by atoms with van der Waals surface area (Å²) in [6.07, 6.45) is 0. The Hall–Kier alpha value is -2.14. The normalized spacial score (nSPS) is 11.8. The van der Waals surface area contributed by atoms with Crippen molar-refractivity contribution in [2.75, 3.05) is 5.32 Å². The number of hydrogen-bond donors (Lipinski definition) is 2. The zero-order chi connectivity index (χ0) is 16.3.